The van der Waals surface area contributed by atoms with E-state index in [2.05, 4.69) is 19.1 Å². The van der Waals surface area contributed by atoms with Crippen molar-refractivity contribution in [2.75, 3.05) is 0 Å². The number of nitrogens with zero attached hydrogens (tertiary/aromatic N) is 1. The predicted octanol–water partition coefficient (Wildman–Crippen LogP) is 5.94. The lowest BCUT2D eigenvalue weighted by molar-refractivity contribution is -0.541. The number of rotatable bonds is 4. The van der Waals surface area contributed by atoms with Crippen molar-refractivity contribution in [1.29, 1.82) is 0 Å². The first-order valence-electron chi connectivity index (χ1n) is 12.4. The van der Waals surface area contributed by atoms with Gasteiger partial charge in [0.1, 0.15) is 6.29 Å². The summed E-state index contributed by atoms with van der Waals surface area (Å²) in [4.78, 5) is 24.4. The Hall–Kier alpha value is -3.31. The van der Waals surface area contributed by atoms with Crippen LogP contribution in [0.2, 0.25) is 0 Å². The van der Waals surface area contributed by atoms with Crippen molar-refractivity contribution in [2.45, 2.75) is 56.1 Å². The molecule has 5 rings (SSSR count). The van der Waals surface area contributed by atoms with Crippen molar-refractivity contribution in [1.82, 2.24) is 0 Å². The van der Waals surface area contributed by atoms with E-state index in [9.17, 15) is 20.0 Å². The first-order chi connectivity index (χ1) is 17.0. The lowest BCUT2D eigenvalue weighted by Crippen LogP contribution is -2.61. The van der Waals surface area contributed by atoms with Crippen molar-refractivity contribution in [3.05, 3.63) is 118 Å². The van der Waals surface area contributed by atoms with Gasteiger partial charge in [0.05, 0.1) is 23.4 Å². The highest BCUT2D eigenvalue weighted by atomic mass is 16.6. The molecular weight excluding hydrogens is 438 g/mol. The first kappa shape index (κ1) is 24.8. The van der Waals surface area contributed by atoms with Crippen molar-refractivity contribution in [3.63, 3.8) is 0 Å². The Labute approximate surface area is 207 Å². The Morgan fingerprint density at radius 3 is 1.83 bits per heavy atom. The predicted molar refractivity (Wildman–Crippen MR) is 137 cm³/mol. The topological polar surface area (TPSA) is 80.4 Å². The quantitative estimate of drug-likeness (QED) is 0.290. The highest BCUT2D eigenvalue weighted by Crippen LogP contribution is 2.57. The standard InChI is InChI=1S/C23H25NO4.C7H8/c25-15-19-21(17-11-5-2-6-12-17)22(24(27)28)20(16-9-3-1-4-10-16)18-13-7-8-14-23(18,19)26;1-7-5-3-2-4-6-7/h1-6,9-12,15,18-22,26H,7-8,13-14H2;2-6H,1H3/t18-,19+,20-,21+,22-,23-;/m0./s1. The van der Waals surface area contributed by atoms with Crippen LogP contribution in [-0.4, -0.2) is 28.0 Å². The number of hydrogen-bond donors (Lipinski definition) is 1. The number of aliphatic hydroxyl groups is 1. The van der Waals surface area contributed by atoms with Crippen LogP contribution in [0.15, 0.2) is 91.0 Å². The molecule has 0 radical (unpaired) electrons. The second kappa shape index (κ2) is 11.0. The van der Waals surface area contributed by atoms with Crippen LogP contribution in [-0.2, 0) is 4.79 Å². The lowest BCUT2D eigenvalue weighted by Gasteiger charge is -2.54. The molecule has 2 fully saturated rings. The van der Waals surface area contributed by atoms with Gasteiger partial charge in [-0.2, -0.15) is 0 Å². The molecule has 0 spiro atoms. The molecule has 2 aliphatic rings. The molecule has 6 atom stereocenters. The highest BCUT2D eigenvalue weighted by molar-refractivity contribution is 5.60. The molecule has 5 nitrogen and oxygen atoms in total. The van der Waals surface area contributed by atoms with E-state index in [0.29, 0.717) is 12.8 Å². The molecule has 3 aromatic carbocycles. The zero-order valence-electron chi connectivity index (χ0n) is 20.1. The molecular formula is C30H33NO4. The molecule has 0 heterocycles. The van der Waals surface area contributed by atoms with E-state index < -0.39 is 29.4 Å². The first-order valence-corrected chi connectivity index (χ1v) is 12.4. The number of fused-ring (bicyclic) bond motifs is 1. The van der Waals surface area contributed by atoms with E-state index in [1.165, 1.54) is 5.56 Å². The molecule has 1 N–H and O–H groups in total. The third kappa shape index (κ3) is 5.06. The Morgan fingerprint density at radius 1 is 0.857 bits per heavy atom. The Balaban J connectivity index is 0.000000356. The largest absolute Gasteiger partial charge is 0.389 e. The molecule has 35 heavy (non-hydrogen) atoms. The van der Waals surface area contributed by atoms with Gasteiger partial charge in [0.2, 0.25) is 6.04 Å². The van der Waals surface area contributed by atoms with Gasteiger partial charge in [-0.1, -0.05) is 109 Å². The molecule has 0 amide bonds. The zero-order chi connectivity index (χ0) is 24.8. The van der Waals surface area contributed by atoms with Gasteiger partial charge in [0, 0.05) is 10.8 Å². The van der Waals surface area contributed by atoms with Gasteiger partial charge in [-0.3, -0.25) is 10.1 Å². The smallest absolute Gasteiger partial charge is 0.227 e. The third-order valence-electron chi connectivity index (χ3n) is 7.82. The summed E-state index contributed by atoms with van der Waals surface area (Å²) in [7, 11) is 0. The average molecular weight is 472 g/mol. The summed E-state index contributed by atoms with van der Waals surface area (Å²) in [5.74, 6) is -2.16. The number of nitro groups is 1. The maximum absolute atomic E-state index is 12.4. The molecule has 0 saturated heterocycles. The number of aldehydes is 1. The fourth-order valence-corrected chi connectivity index (χ4v) is 6.28. The fraction of sp³-hybridized carbons (Fsp3) is 0.367. The monoisotopic (exact) mass is 471 g/mol. The maximum atomic E-state index is 12.4. The van der Waals surface area contributed by atoms with Gasteiger partial charge in [0.25, 0.3) is 0 Å². The summed E-state index contributed by atoms with van der Waals surface area (Å²) in [6.45, 7) is 2.08. The van der Waals surface area contributed by atoms with Crippen LogP contribution < -0.4 is 0 Å². The number of carbonyl (C=O) groups excluding carboxylic acids is 1. The molecule has 5 heteroatoms. The van der Waals surface area contributed by atoms with Crippen molar-refractivity contribution < 1.29 is 14.8 Å². The van der Waals surface area contributed by atoms with Crippen molar-refractivity contribution in [3.8, 4) is 0 Å². The number of aryl methyl sites for hydroxylation is 1. The van der Waals surface area contributed by atoms with Crippen LogP contribution in [0.5, 0.6) is 0 Å². The van der Waals surface area contributed by atoms with Crippen LogP contribution >= 0.6 is 0 Å². The normalized spacial score (nSPS) is 29.7. The summed E-state index contributed by atoms with van der Waals surface area (Å²) >= 11 is 0. The summed E-state index contributed by atoms with van der Waals surface area (Å²) in [5.41, 5.74) is 1.73. The van der Waals surface area contributed by atoms with E-state index in [1.54, 1.807) is 0 Å². The summed E-state index contributed by atoms with van der Waals surface area (Å²) in [6, 6.07) is 28.0. The van der Waals surface area contributed by atoms with Crippen LogP contribution in [0.3, 0.4) is 0 Å². The molecule has 2 aliphatic carbocycles. The fourth-order valence-electron chi connectivity index (χ4n) is 6.28. The second-order valence-corrected chi connectivity index (χ2v) is 9.81. The van der Waals surface area contributed by atoms with Gasteiger partial charge >= 0.3 is 0 Å². The second-order valence-electron chi connectivity index (χ2n) is 9.81. The van der Waals surface area contributed by atoms with Crippen molar-refractivity contribution in [2.24, 2.45) is 11.8 Å². The zero-order valence-corrected chi connectivity index (χ0v) is 20.1. The van der Waals surface area contributed by atoms with Crippen LogP contribution in [0, 0.1) is 28.9 Å². The Kier molecular flexibility index (Phi) is 7.76. The Bertz CT molecular complexity index is 1100. The minimum Gasteiger partial charge on any atom is -0.389 e. The van der Waals surface area contributed by atoms with Gasteiger partial charge in [0.15, 0.2) is 0 Å². The molecule has 0 aromatic heterocycles. The molecule has 2 saturated carbocycles. The van der Waals surface area contributed by atoms with E-state index in [1.807, 2.05) is 78.9 Å². The van der Waals surface area contributed by atoms with E-state index >= 15 is 0 Å². The van der Waals surface area contributed by atoms with Crippen molar-refractivity contribution >= 4 is 6.29 Å². The van der Waals surface area contributed by atoms with E-state index in [4.69, 9.17) is 0 Å². The van der Waals surface area contributed by atoms with Gasteiger partial charge < -0.3 is 9.90 Å². The molecule has 3 aromatic rings. The van der Waals surface area contributed by atoms with Crippen LogP contribution in [0.4, 0.5) is 0 Å². The molecule has 182 valence electrons. The summed E-state index contributed by atoms with van der Waals surface area (Å²) in [6.07, 6.45) is 3.74. The SMILES string of the molecule is Cc1ccccc1.O=C[C@@H]1[C@@H](c2ccccc2)[C@@H]([N+](=O)[O-])[C@@H](c2ccccc2)[C@@H]2CCCC[C@@]12O. The number of hydrogen-bond acceptors (Lipinski definition) is 4. The highest BCUT2D eigenvalue weighted by Gasteiger charge is 2.63. The van der Waals surface area contributed by atoms with Crippen LogP contribution in [0.25, 0.3) is 0 Å². The van der Waals surface area contributed by atoms with Gasteiger partial charge in [-0.25, -0.2) is 0 Å². The average Bonchev–Trinajstić information content (AvgIpc) is 2.88. The molecule has 0 aliphatic heterocycles. The maximum Gasteiger partial charge on any atom is 0.227 e. The summed E-state index contributed by atoms with van der Waals surface area (Å²) < 4.78 is 0. The van der Waals surface area contributed by atoms with E-state index in [0.717, 1.165) is 30.3 Å². The molecule has 0 unspecified atom stereocenters. The lowest BCUT2D eigenvalue weighted by atomic mass is 9.51. The van der Waals surface area contributed by atoms with Crippen LogP contribution in [0.1, 0.15) is 54.2 Å². The minimum absolute atomic E-state index is 0.222. The number of benzene rings is 3. The number of carbonyl (C=O) groups is 1. The summed E-state index contributed by atoms with van der Waals surface area (Å²) in [5, 5.41) is 24.1. The van der Waals surface area contributed by atoms with Gasteiger partial charge in [-0.05, 0) is 30.9 Å². The van der Waals surface area contributed by atoms with E-state index in [-0.39, 0.29) is 10.8 Å². The minimum atomic E-state index is -1.21. The Morgan fingerprint density at radius 2 is 1.37 bits per heavy atom. The third-order valence-corrected chi connectivity index (χ3v) is 7.82. The van der Waals surface area contributed by atoms with Gasteiger partial charge in [-0.15, -0.1) is 0 Å². The molecule has 0 bridgehead atoms.